The lowest BCUT2D eigenvalue weighted by atomic mass is 10.0. The average molecular weight is 627 g/mol. The summed E-state index contributed by atoms with van der Waals surface area (Å²) in [5.74, 6) is 0. The molecule has 1 aliphatic rings. The van der Waals surface area contributed by atoms with Crippen molar-refractivity contribution in [2.75, 3.05) is 0 Å². The molecule has 3 heteroatoms. The van der Waals surface area contributed by atoms with Gasteiger partial charge in [-0.3, -0.25) is 4.98 Å². The van der Waals surface area contributed by atoms with E-state index >= 15 is 0 Å². The van der Waals surface area contributed by atoms with Crippen molar-refractivity contribution < 1.29 is 0 Å². The number of benzene rings is 7. The van der Waals surface area contributed by atoms with Crippen LogP contribution in [0.25, 0.3) is 60.6 Å². The highest BCUT2D eigenvalue weighted by molar-refractivity contribution is 7.23. The third-order valence-electron chi connectivity index (χ3n) is 10.3. The van der Waals surface area contributed by atoms with Crippen LogP contribution in [-0.2, 0) is 0 Å². The van der Waals surface area contributed by atoms with E-state index in [0.29, 0.717) is 0 Å². The van der Waals surface area contributed by atoms with E-state index in [0.717, 1.165) is 11.2 Å². The molecule has 0 spiro atoms. The molecule has 3 heterocycles. The van der Waals surface area contributed by atoms with Gasteiger partial charge in [0.15, 0.2) is 8.07 Å². The molecule has 0 aliphatic carbocycles. The fraction of sp³-hybridized carbons (Fsp3) is 0. The Morgan fingerprint density at radius 2 is 1.10 bits per heavy atom. The minimum Gasteiger partial charge on any atom is -0.308 e. The topological polar surface area (TPSA) is 17.8 Å². The smallest absolute Gasteiger partial charge is 0.183 e. The molecule has 0 atom stereocenters. The Balaban J connectivity index is 1.36. The van der Waals surface area contributed by atoms with Crippen molar-refractivity contribution in [3.05, 3.63) is 182 Å². The number of rotatable bonds is 4. The van der Waals surface area contributed by atoms with Crippen molar-refractivity contribution in [3.63, 3.8) is 0 Å². The molecule has 0 saturated carbocycles. The molecule has 0 amide bonds. The fourth-order valence-corrected chi connectivity index (χ4v) is 13.7. The maximum atomic E-state index is 5.45. The summed E-state index contributed by atoms with van der Waals surface area (Å²) in [6.45, 7) is 0. The first kappa shape index (κ1) is 27.1. The lowest BCUT2D eigenvalue weighted by Gasteiger charge is -2.31. The first-order valence-electron chi connectivity index (χ1n) is 16.6. The molecule has 0 unspecified atom stereocenters. The molecule has 7 aromatic carbocycles. The van der Waals surface area contributed by atoms with E-state index in [1.54, 1.807) is 0 Å². The third kappa shape index (κ3) is 3.71. The van der Waals surface area contributed by atoms with Gasteiger partial charge in [0.2, 0.25) is 0 Å². The highest BCUT2D eigenvalue weighted by Gasteiger charge is 2.50. The number of hydrogen-bond donors (Lipinski definition) is 0. The van der Waals surface area contributed by atoms with Crippen LogP contribution in [0.15, 0.2) is 182 Å². The molecular weight excluding hydrogens is 597 g/mol. The highest BCUT2D eigenvalue weighted by atomic mass is 28.3. The van der Waals surface area contributed by atoms with Gasteiger partial charge in [-0.05, 0) is 61.2 Å². The molecular formula is C45H30N2Si. The maximum absolute atomic E-state index is 5.45. The summed E-state index contributed by atoms with van der Waals surface area (Å²) < 4.78 is 2.46. The molecule has 2 nitrogen and oxygen atoms in total. The summed E-state index contributed by atoms with van der Waals surface area (Å²) in [6, 6.07) is 64.6. The van der Waals surface area contributed by atoms with Crippen molar-refractivity contribution in [1.29, 1.82) is 0 Å². The minimum absolute atomic E-state index is 1.10. The Kier molecular flexibility index (Phi) is 5.93. The molecule has 48 heavy (non-hydrogen) atoms. The van der Waals surface area contributed by atoms with Crippen molar-refractivity contribution >= 4 is 61.5 Å². The number of fused-ring (bicyclic) bond motifs is 9. The van der Waals surface area contributed by atoms with Gasteiger partial charge in [-0.2, -0.15) is 0 Å². The van der Waals surface area contributed by atoms with Crippen LogP contribution in [0, 0.1) is 0 Å². The van der Waals surface area contributed by atoms with Crippen LogP contribution in [0.5, 0.6) is 0 Å². The number of nitrogens with zero attached hydrogens (tertiary/aromatic N) is 2. The normalized spacial score (nSPS) is 13.2. The van der Waals surface area contributed by atoms with Crippen LogP contribution in [0.3, 0.4) is 0 Å². The van der Waals surface area contributed by atoms with Gasteiger partial charge in [0.05, 0.1) is 16.6 Å². The lowest BCUT2D eigenvalue weighted by Crippen LogP contribution is -2.73. The van der Waals surface area contributed by atoms with Crippen LogP contribution in [0.4, 0.5) is 0 Å². The van der Waals surface area contributed by atoms with E-state index in [1.165, 1.54) is 70.2 Å². The summed E-state index contributed by atoms with van der Waals surface area (Å²) in [4.78, 5) is 5.45. The van der Waals surface area contributed by atoms with Crippen molar-refractivity contribution in [2.24, 2.45) is 0 Å². The quantitative estimate of drug-likeness (QED) is 0.180. The zero-order valence-electron chi connectivity index (χ0n) is 26.2. The van der Waals surface area contributed by atoms with E-state index in [-0.39, 0.29) is 0 Å². The number of aromatic nitrogens is 2. The predicted octanol–water partition coefficient (Wildman–Crippen LogP) is 8.36. The Bertz CT molecular complexity index is 2620. The largest absolute Gasteiger partial charge is 0.308 e. The Morgan fingerprint density at radius 3 is 1.88 bits per heavy atom. The van der Waals surface area contributed by atoms with Crippen LogP contribution in [0.1, 0.15) is 0 Å². The zero-order chi connectivity index (χ0) is 31.7. The number of hydrogen-bond acceptors (Lipinski definition) is 1. The molecule has 0 N–H and O–H groups in total. The number of pyridine rings is 1. The van der Waals surface area contributed by atoms with Crippen LogP contribution in [0.2, 0.25) is 0 Å². The average Bonchev–Trinajstić information content (AvgIpc) is 3.67. The molecule has 9 aromatic rings. The second kappa shape index (κ2) is 10.5. The summed E-state index contributed by atoms with van der Waals surface area (Å²) in [5, 5.41) is 9.15. The predicted molar refractivity (Wildman–Crippen MR) is 204 cm³/mol. The molecule has 0 bridgehead atoms. The van der Waals surface area contributed by atoms with Gasteiger partial charge in [0, 0.05) is 28.0 Å². The second-order valence-electron chi connectivity index (χ2n) is 12.7. The minimum atomic E-state index is -2.74. The van der Waals surface area contributed by atoms with Crippen molar-refractivity contribution in [1.82, 2.24) is 9.55 Å². The molecule has 1 aliphatic heterocycles. The van der Waals surface area contributed by atoms with E-state index < -0.39 is 8.07 Å². The van der Waals surface area contributed by atoms with Gasteiger partial charge >= 0.3 is 0 Å². The molecule has 10 rings (SSSR count). The van der Waals surface area contributed by atoms with Crippen LogP contribution in [-0.4, -0.2) is 17.6 Å². The van der Waals surface area contributed by atoms with E-state index in [2.05, 4.69) is 187 Å². The van der Waals surface area contributed by atoms with E-state index in [1.807, 2.05) is 0 Å². The zero-order valence-corrected chi connectivity index (χ0v) is 27.2. The van der Waals surface area contributed by atoms with Crippen LogP contribution < -0.4 is 20.7 Å². The van der Waals surface area contributed by atoms with Crippen LogP contribution >= 0.6 is 0 Å². The van der Waals surface area contributed by atoms with Gasteiger partial charge in [-0.15, -0.1) is 0 Å². The summed E-state index contributed by atoms with van der Waals surface area (Å²) in [5.41, 5.74) is 9.67. The fourth-order valence-electron chi connectivity index (χ4n) is 8.36. The second-order valence-corrected chi connectivity index (χ2v) is 16.4. The third-order valence-corrected chi connectivity index (χ3v) is 15.2. The first-order chi connectivity index (χ1) is 23.8. The van der Waals surface area contributed by atoms with Gasteiger partial charge in [-0.25, -0.2) is 0 Å². The monoisotopic (exact) mass is 626 g/mol. The Labute approximate surface area is 280 Å². The SMILES string of the molecule is c1ccc(-c2cccc(-n3c4ccccc4c4cnc5c6c(ccc5c43)-c3ccccc3[Si]6(c3ccccc3)c3ccccc3)c2)cc1. The summed E-state index contributed by atoms with van der Waals surface area (Å²) >= 11 is 0. The van der Waals surface area contributed by atoms with E-state index in [9.17, 15) is 0 Å². The van der Waals surface area contributed by atoms with Crippen molar-refractivity contribution in [3.8, 4) is 27.9 Å². The number of para-hydroxylation sites is 1. The van der Waals surface area contributed by atoms with Gasteiger partial charge in [0.1, 0.15) is 0 Å². The molecule has 2 aromatic heterocycles. The summed E-state index contributed by atoms with van der Waals surface area (Å²) in [6.07, 6.45) is 2.13. The summed E-state index contributed by atoms with van der Waals surface area (Å²) in [7, 11) is -2.74. The van der Waals surface area contributed by atoms with Gasteiger partial charge in [-0.1, -0.05) is 158 Å². The van der Waals surface area contributed by atoms with Gasteiger partial charge < -0.3 is 4.57 Å². The molecule has 0 saturated heterocycles. The maximum Gasteiger partial charge on any atom is 0.183 e. The molecule has 0 radical (unpaired) electrons. The van der Waals surface area contributed by atoms with Gasteiger partial charge in [0.25, 0.3) is 0 Å². The Morgan fingerprint density at radius 1 is 0.458 bits per heavy atom. The van der Waals surface area contributed by atoms with E-state index in [4.69, 9.17) is 4.98 Å². The molecule has 224 valence electrons. The first-order valence-corrected chi connectivity index (χ1v) is 18.6. The highest BCUT2D eigenvalue weighted by Crippen LogP contribution is 2.39. The Hall–Kier alpha value is -6.03. The lowest BCUT2D eigenvalue weighted by molar-refractivity contribution is 1.18. The van der Waals surface area contributed by atoms with Crippen molar-refractivity contribution in [2.45, 2.75) is 0 Å². The standard InChI is InChI=1S/C45H30N2Si/c1-4-15-31(16-5-1)32-17-14-18-33(29-32)47-41-25-12-10-23-36(41)40-30-46-43-39(44(40)47)28-27-38-37-24-11-13-26-42(37)48(45(38)43,34-19-6-2-7-20-34)35-21-8-3-9-22-35/h1-30H. The molecule has 0 fully saturated rings.